The van der Waals surface area contributed by atoms with Crippen LogP contribution in [0.15, 0.2) is 85.0 Å². The third-order valence-electron chi connectivity index (χ3n) is 3.61. The molecule has 0 saturated carbocycles. The van der Waals surface area contributed by atoms with Crippen molar-refractivity contribution in [1.82, 2.24) is 0 Å². The summed E-state index contributed by atoms with van der Waals surface area (Å²) in [5.41, 5.74) is 5.38. The Hall–Kier alpha value is -0.920. The molecule has 0 nitrogen and oxygen atoms in total. The van der Waals surface area contributed by atoms with E-state index in [1.54, 1.807) is 23.3 Å². The van der Waals surface area contributed by atoms with E-state index in [9.17, 15) is 0 Å². The zero-order valence-electron chi connectivity index (χ0n) is 16.3. The summed E-state index contributed by atoms with van der Waals surface area (Å²) in [5.74, 6) is 0. The van der Waals surface area contributed by atoms with Gasteiger partial charge in [-0.05, 0) is 0 Å². The van der Waals surface area contributed by atoms with Gasteiger partial charge in [0.25, 0.3) is 0 Å². The van der Waals surface area contributed by atoms with Crippen LogP contribution in [0.3, 0.4) is 0 Å². The summed E-state index contributed by atoms with van der Waals surface area (Å²) in [7, 11) is 0. The number of rotatable bonds is 2. The SMILES string of the molecule is C[Si](C)=[Zr+2].Cl.Cl.[C-]1=CC(c2ccccc2)=CC1.[C-]1=CC(c2ccccc2)=CC1. The van der Waals surface area contributed by atoms with Gasteiger partial charge in [0.1, 0.15) is 0 Å². The third-order valence-corrected chi connectivity index (χ3v) is 3.61. The summed E-state index contributed by atoms with van der Waals surface area (Å²) in [6.07, 6.45) is 16.7. The van der Waals surface area contributed by atoms with Gasteiger partial charge in [0, 0.05) is 0 Å². The molecule has 2 aromatic carbocycles. The zero-order valence-corrected chi connectivity index (χ0v) is 21.4. The molecule has 0 N–H and O–H groups in total. The van der Waals surface area contributed by atoms with E-state index in [0.29, 0.717) is 0 Å². The van der Waals surface area contributed by atoms with Crippen LogP contribution in [0, 0.1) is 12.2 Å². The largest absolute Gasteiger partial charge is 0.272 e. The van der Waals surface area contributed by atoms with Crippen LogP contribution in [-0.4, -0.2) is 5.43 Å². The van der Waals surface area contributed by atoms with Crippen LogP contribution in [0.1, 0.15) is 24.0 Å². The summed E-state index contributed by atoms with van der Waals surface area (Å²) in [4.78, 5) is 0. The number of hydrogen-bond donors (Lipinski definition) is 0. The normalized spacial score (nSPS) is 12.9. The van der Waals surface area contributed by atoms with E-state index in [-0.39, 0.29) is 30.2 Å². The molecular weight excluding hydrogens is 478 g/mol. The molecule has 0 amide bonds. The van der Waals surface area contributed by atoms with Crippen LogP contribution >= 0.6 is 24.8 Å². The predicted octanol–water partition coefficient (Wildman–Crippen LogP) is 7.29. The van der Waals surface area contributed by atoms with Crippen molar-refractivity contribution in [3.63, 3.8) is 0 Å². The van der Waals surface area contributed by atoms with E-state index in [1.807, 2.05) is 12.1 Å². The van der Waals surface area contributed by atoms with Crippen LogP contribution in [0.2, 0.25) is 13.1 Å². The van der Waals surface area contributed by atoms with Crippen LogP contribution in [0.25, 0.3) is 11.1 Å². The average Bonchev–Trinajstić information content (AvgIpc) is 3.37. The summed E-state index contributed by atoms with van der Waals surface area (Å²) >= 11 is 1.74. The fraction of sp³-hybridized carbons (Fsp3) is 0.167. The van der Waals surface area contributed by atoms with Gasteiger partial charge in [-0.25, -0.2) is 12.2 Å². The maximum absolute atomic E-state index is 3.15. The maximum Gasteiger partial charge on any atom is -0.0623 e. The van der Waals surface area contributed by atoms with Crippen molar-refractivity contribution in [3.05, 3.63) is 108 Å². The molecule has 0 heterocycles. The van der Waals surface area contributed by atoms with E-state index in [4.69, 9.17) is 0 Å². The standard InChI is InChI=1S/2C11H9.C2H6Si.2ClH.Zr/c2*1-2-6-10(7-3-1)11-8-4-5-9-11;1-3-2;;;/h2*1-3,6-9H,4H2;1-2H3;2*1H;/q2*-1;;;;+2. The van der Waals surface area contributed by atoms with Crippen molar-refractivity contribution >= 4 is 41.4 Å². The minimum absolute atomic E-state index is 0. The molecule has 0 saturated heterocycles. The van der Waals surface area contributed by atoms with Gasteiger partial charge in [0.15, 0.2) is 0 Å². The molecule has 0 spiro atoms. The molecule has 0 radical (unpaired) electrons. The molecule has 0 atom stereocenters. The quantitative estimate of drug-likeness (QED) is 0.297. The monoisotopic (exact) mass is 502 g/mol. The summed E-state index contributed by atoms with van der Waals surface area (Å²) in [6.45, 7) is 4.62. The fourth-order valence-electron chi connectivity index (χ4n) is 2.46. The van der Waals surface area contributed by atoms with Crippen molar-refractivity contribution in [3.8, 4) is 0 Å². The second-order valence-corrected chi connectivity index (χ2v) is 15.5. The number of halogens is 2. The van der Waals surface area contributed by atoms with E-state index >= 15 is 0 Å². The first-order chi connectivity index (χ1) is 12.7. The van der Waals surface area contributed by atoms with Crippen molar-refractivity contribution < 1.29 is 23.3 Å². The fourth-order valence-corrected chi connectivity index (χ4v) is 2.46. The van der Waals surface area contributed by atoms with Gasteiger partial charge >= 0.3 is 41.9 Å². The number of allylic oxidation sites excluding steroid dienone is 8. The third kappa shape index (κ3) is 10.6. The Morgan fingerprint density at radius 1 is 0.679 bits per heavy atom. The van der Waals surface area contributed by atoms with Gasteiger partial charge in [0.2, 0.25) is 0 Å². The van der Waals surface area contributed by atoms with Gasteiger partial charge < -0.3 is 0 Å². The van der Waals surface area contributed by atoms with Crippen LogP contribution in [0.4, 0.5) is 0 Å². The Balaban J connectivity index is 0.000000415. The van der Waals surface area contributed by atoms with Gasteiger partial charge in [0.05, 0.1) is 0 Å². The van der Waals surface area contributed by atoms with E-state index in [1.165, 1.54) is 22.3 Å². The van der Waals surface area contributed by atoms with Gasteiger partial charge in [-0.15, -0.1) is 48.8 Å². The van der Waals surface area contributed by atoms with Crippen LogP contribution in [0.5, 0.6) is 0 Å². The summed E-state index contributed by atoms with van der Waals surface area (Å²) < 4.78 is 0. The van der Waals surface area contributed by atoms with Crippen molar-refractivity contribution in [2.24, 2.45) is 0 Å². The summed E-state index contributed by atoms with van der Waals surface area (Å²) in [5, 5.41) is 0. The molecule has 0 unspecified atom stereocenters. The first-order valence-corrected chi connectivity index (χ1v) is 15.0. The van der Waals surface area contributed by atoms with Crippen molar-refractivity contribution in [2.75, 3.05) is 0 Å². The molecular formula is C24H26Cl2SiZr. The topological polar surface area (TPSA) is 0 Å². The smallest absolute Gasteiger partial charge is 0.0623 e. The predicted molar refractivity (Wildman–Crippen MR) is 126 cm³/mol. The first kappa shape index (κ1) is 27.1. The molecule has 0 aliphatic heterocycles. The molecule has 2 aromatic rings. The Morgan fingerprint density at radius 3 is 1.25 bits per heavy atom. The molecule has 28 heavy (non-hydrogen) atoms. The number of benzene rings is 2. The molecule has 144 valence electrons. The molecule has 2 aliphatic carbocycles. The van der Waals surface area contributed by atoms with Gasteiger partial charge in [-0.2, -0.15) is 23.3 Å². The molecule has 2 aliphatic rings. The van der Waals surface area contributed by atoms with Crippen LogP contribution < -0.4 is 0 Å². The minimum Gasteiger partial charge on any atom is -0.272 e. The van der Waals surface area contributed by atoms with E-state index in [2.05, 4.69) is 98.1 Å². The molecule has 0 aromatic heterocycles. The second-order valence-electron chi connectivity index (χ2n) is 6.16. The number of hydrogen-bond acceptors (Lipinski definition) is 0. The Labute approximate surface area is 197 Å². The maximum atomic E-state index is 3.15. The van der Waals surface area contributed by atoms with Crippen LogP contribution in [-0.2, 0) is 23.3 Å². The Morgan fingerprint density at radius 2 is 1.00 bits per heavy atom. The second kappa shape index (κ2) is 15.9. The van der Waals surface area contributed by atoms with E-state index < -0.39 is 0 Å². The van der Waals surface area contributed by atoms with Gasteiger partial charge in [-0.3, -0.25) is 12.2 Å². The minimum atomic E-state index is 0. The molecule has 4 heteroatoms. The zero-order chi connectivity index (χ0) is 18.6. The molecule has 4 rings (SSSR count). The molecule has 0 bridgehead atoms. The Bertz CT molecular complexity index is 753. The van der Waals surface area contributed by atoms with Crippen molar-refractivity contribution in [2.45, 2.75) is 25.9 Å². The van der Waals surface area contributed by atoms with E-state index in [0.717, 1.165) is 12.8 Å². The first-order valence-electron chi connectivity index (χ1n) is 8.83. The summed E-state index contributed by atoms with van der Waals surface area (Å²) in [6, 6.07) is 20.8. The average molecular weight is 505 g/mol. The Kier molecular flexibility index (Phi) is 15.4. The van der Waals surface area contributed by atoms with Crippen molar-refractivity contribution in [1.29, 1.82) is 0 Å². The molecule has 0 fully saturated rings. The van der Waals surface area contributed by atoms with Gasteiger partial charge in [-0.1, -0.05) is 60.7 Å².